The van der Waals surface area contributed by atoms with Crippen molar-refractivity contribution in [1.29, 1.82) is 0 Å². The number of rotatable bonds is 2. The molecule has 0 N–H and O–H groups in total. The summed E-state index contributed by atoms with van der Waals surface area (Å²) < 4.78 is 0. The Kier molecular flexibility index (Phi) is 5.81. The van der Waals surface area contributed by atoms with E-state index in [1.54, 1.807) is 18.8 Å². The molecule has 2 nitrogen and oxygen atoms in total. The molecule has 0 atom stereocenters. The monoisotopic (exact) mass is 561 g/mol. The second kappa shape index (κ2) is 8.64. The molecular weight excluding hydrogens is 547 g/mol. The molecule has 0 aliphatic heterocycles. The van der Waals surface area contributed by atoms with Crippen LogP contribution in [-0.4, -0.2) is 9.97 Å². The molecule has 0 aliphatic carbocycles. The summed E-state index contributed by atoms with van der Waals surface area (Å²) in [7, 11) is 4.61. The zero-order valence-electron chi connectivity index (χ0n) is 14.7. The third-order valence-corrected chi connectivity index (χ3v) is 4.60. The molecule has 0 saturated carbocycles. The summed E-state index contributed by atoms with van der Waals surface area (Å²) in [5, 5.41) is 4.68. The zero-order valence-corrected chi connectivity index (χ0v) is 17.8. The van der Waals surface area contributed by atoms with Crippen molar-refractivity contribution in [2.75, 3.05) is 0 Å². The first-order valence-electron chi connectivity index (χ1n) is 8.72. The number of fused-ring (bicyclic) bond motifs is 2. The molecule has 0 fully saturated rings. The molecule has 0 radical (unpaired) electrons. The fourth-order valence-corrected chi connectivity index (χ4v) is 3.23. The van der Waals surface area contributed by atoms with E-state index < -0.39 is 0 Å². The first kappa shape index (κ1) is 18.8. The van der Waals surface area contributed by atoms with E-state index in [9.17, 15) is 0 Å². The van der Waals surface area contributed by atoms with Crippen molar-refractivity contribution < 1.29 is 18.8 Å². The van der Waals surface area contributed by atoms with E-state index in [0.29, 0.717) is 0 Å². The van der Waals surface area contributed by atoms with Gasteiger partial charge in [0, 0.05) is 11.6 Å². The van der Waals surface area contributed by atoms with Gasteiger partial charge in [0.15, 0.2) is 0 Å². The number of benzene rings is 3. The van der Waals surface area contributed by atoms with Gasteiger partial charge < -0.3 is 0 Å². The van der Waals surface area contributed by atoms with Gasteiger partial charge in [0.05, 0.1) is 11.4 Å². The standard InChI is InChI=1S/C24H15N2.ClH.Pt/c1-2-7-18-14-20(13-12-17(18)6-1)22-10-5-11-23(26-22)24-15-19-8-3-4-9-21(19)16-25-24;;/h1-12,14-16H;1H;/q-1;;+2/p-1. The van der Waals surface area contributed by atoms with E-state index in [1.165, 1.54) is 16.2 Å². The average molecular weight is 562 g/mol. The summed E-state index contributed by atoms with van der Waals surface area (Å²) in [5.74, 6) is 0. The summed E-state index contributed by atoms with van der Waals surface area (Å²) in [6.45, 7) is 0. The van der Waals surface area contributed by atoms with Crippen LogP contribution in [0.25, 0.3) is 44.2 Å². The molecule has 0 spiro atoms. The van der Waals surface area contributed by atoms with Crippen LogP contribution < -0.4 is 0 Å². The predicted molar refractivity (Wildman–Crippen MR) is 113 cm³/mol. The van der Waals surface area contributed by atoms with Crippen LogP contribution in [0.15, 0.2) is 91.1 Å². The molecule has 138 valence electrons. The fraction of sp³-hybridized carbons (Fsp3) is 0. The topological polar surface area (TPSA) is 25.8 Å². The minimum atomic E-state index is 0.870. The second-order valence-corrected chi connectivity index (χ2v) is 6.30. The maximum Gasteiger partial charge on any atom is 0.0882 e. The Bertz CT molecular complexity index is 1160. The Balaban J connectivity index is 0.000000932. The van der Waals surface area contributed by atoms with Crippen LogP contribution in [-0.2, 0) is 18.8 Å². The number of nitrogens with zero attached hydrogens (tertiary/aromatic N) is 2. The molecule has 0 bridgehead atoms. The summed E-state index contributed by atoms with van der Waals surface area (Å²) >= 11 is 1.61. The third-order valence-electron chi connectivity index (χ3n) is 4.60. The Hall–Kier alpha value is -2.54. The summed E-state index contributed by atoms with van der Waals surface area (Å²) in [6.07, 6.45) is 1.90. The number of aromatic nitrogens is 2. The molecule has 2 aromatic heterocycles. The summed E-state index contributed by atoms with van der Waals surface area (Å²) in [6, 6.07) is 32.2. The minimum absolute atomic E-state index is 0.870. The van der Waals surface area contributed by atoms with Crippen molar-refractivity contribution in [3.8, 4) is 22.6 Å². The van der Waals surface area contributed by atoms with Crippen molar-refractivity contribution in [2.24, 2.45) is 0 Å². The Labute approximate surface area is 179 Å². The number of pyridine rings is 2. The number of hydrogen-bond donors (Lipinski definition) is 0. The molecule has 0 aliphatic rings. The van der Waals surface area contributed by atoms with Gasteiger partial charge in [-0.1, -0.05) is 66.0 Å². The van der Waals surface area contributed by atoms with Gasteiger partial charge in [0.2, 0.25) is 0 Å². The van der Waals surface area contributed by atoms with Gasteiger partial charge in [0.25, 0.3) is 0 Å². The van der Waals surface area contributed by atoms with Crippen molar-refractivity contribution in [1.82, 2.24) is 9.97 Å². The fourth-order valence-electron chi connectivity index (χ4n) is 3.23. The molecular formula is C24H15ClN2Pt. The summed E-state index contributed by atoms with van der Waals surface area (Å²) in [4.78, 5) is 9.42. The van der Waals surface area contributed by atoms with Crippen molar-refractivity contribution in [3.05, 3.63) is 97.2 Å². The smallest absolute Gasteiger partial charge is 0.0882 e. The normalized spacial score (nSPS) is 10.5. The van der Waals surface area contributed by atoms with E-state index in [-0.39, 0.29) is 0 Å². The quantitative estimate of drug-likeness (QED) is 0.227. The number of hydrogen-bond acceptors (Lipinski definition) is 2. The Morgan fingerprint density at radius 2 is 1.29 bits per heavy atom. The summed E-state index contributed by atoms with van der Waals surface area (Å²) in [5.41, 5.74) is 3.65. The molecule has 0 unspecified atom stereocenters. The predicted octanol–water partition coefficient (Wildman–Crippen LogP) is 6.60. The van der Waals surface area contributed by atoms with Crippen molar-refractivity contribution in [2.45, 2.75) is 0 Å². The first-order chi connectivity index (χ1) is 13.9. The molecule has 3 aromatic carbocycles. The van der Waals surface area contributed by atoms with Gasteiger partial charge in [0.1, 0.15) is 0 Å². The second-order valence-electron chi connectivity index (χ2n) is 6.30. The van der Waals surface area contributed by atoms with Gasteiger partial charge in [-0.15, -0.1) is 29.1 Å². The van der Waals surface area contributed by atoms with Crippen LogP contribution in [0, 0.1) is 6.07 Å². The average Bonchev–Trinajstić information content (AvgIpc) is 2.80. The Morgan fingerprint density at radius 3 is 2.07 bits per heavy atom. The van der Waals surface area contributed by atoms with Crippen molar-refractivity contribution >= 4 is 31.0 Å². The molecule has 0 amide bonds. The maximum absolute atomic E-state index is 4.83. The largest absolute Gasteiger partial charge is 0.295 e. The van der Waals surface area contributed by atoms with E-state index >= 15 is 0 Å². The van der Waals surface area contributed by atoms with E-state index in [0.717, 1.165) is 28.0 Å². The van der Waals surface area contributed by atoms with Crippen LogP contribution in [0.3, 0.4) is 0 Å². The van der Waals surface area contributed by atoms with Crippen LogP contribution in [0.2, 0.25) is 0 Å². The molecule has 28 heavy (non-hydrogen) atoms. The molecule has 4 heteroatoms. The van der Waals surface area contributed by atoms with E-state index in [1.807, 2.05) is 48.7 Å². The van der Waals surface area contributed by atoms with Crippen LogP contribution in [0.1, 0.15) is 0 Å². The molecule has 5 aromatic rings. The SMILES string of the molecule is [Cl][Pt+].[c-]1cc2ccccc2cc1-c1cccc(-c2cc3ccccc3cn2)n1. The van der Waals surface area contributed by atoms with Gasteiger partial charge in [-0.25, -0.2) is 0 Å². The maximum atomic E-state index is 4.83. The van der Waals surface area contributed by atoms with Crippen molar-refractivity contribution in [3.63, 3.8) is 0 Å². The third kappa shape index (κ3) is 3.85. The van der Waals surface area contributed by atoms with E-state index in [4.69, 9.17) is 4.98 Å². The molecule has 5 rings (SSSR count). The van der Waals surface area contributed by atoms with Gasteiger partial charge in [-0.05, 0) is 23.2 Å². The number of halogens is 1. The van der Waals surface area contributed by atoms with Gasteiger partial charge in [-0.2, -0.15) is 0 Å². The molecule has 2 heterocycles. The van der Waals surface area contributed by atoms with E-state index in [2.05, 4.69) is 62.9 Å². The first-order valence-corrected chi connectivity index (χ1v) is 11.5. The van der Waals surface area contributed by atoms with Crippen LogP contribution in [0.5, 0.6) is 0 Å². The molecule has 0 saturated heterocycles. The van der Waals surface area contributed by atoms with Gasteiger partial charge >= 0.3 is 28.2 Å². The van der Waals surface area contributed by atoms with Crippen LogP contribution >= 0.6 is 9.42 Å². The van der Waals surface area contributed by atoms with Gasteiger partial charge in [-0.3, -0.25) is 9.97 Å². The van der Waals surface area contributed by atoms with Crippen LogP contribution in [0.4, 0.5) is 0 Å². The Morgan fingerprint density at radius 1 is 0.643 bits per heavy atom. The zero-order chi connectivity index (χ0) is 19.3. The minimum Gasteiger partial charge on any atom is -0.295 e.